The van der Waals surface area contributed by atoms with Crippen molar-refractivity contribution >= 4 is 26.7 Å². The Bertz CT molecular complexity index is 571. The van der Waals surface area contributed by atoms with Crippen LogP contribution in [0, 0.1) is 5.82 Å². The number of aryl methyl sites for hydroxylation is 1. The monoisotopic (exact) mass is 384 g/mol. The topological polar surface area (TPSA) is 78.9 Å². The Morgan fingerprint density at radius 1 is 0.846 bits per heavy atom. The van der Waals surface area contributed by atoms with E-state index in [2.05, 4.69) is 0 Å². The van der Waals surface area contributed by atoms with Crippen LogP contribution in [0.25, 0.3) is 0 Å². The molecule has 0 fully saturated rings. The van der Waals surface area contributed by atoms with Gasteiger partial charge in [0.2, 0.25) is 0 Å². The Kier molecular flexibility index (Phi) is 8.98. The van der Waals surface area contributed by atoms with Crippen LogP contribution in [0.5, 0.6) is 0 Å². The molecule has 0 heterocycles. The van der Waals surface area contributed by atoms with Gasteiger partial charge in [-0.25, -0.2) is 4.39 Å². The van der Waals surface area contributed by atoms with Gasteiger partial charge < -0.3 is 13.3 Å². The average Bonchev–Trinajstić information content (AvgIpc) is 2.62. The highest BCUT2D eigenvalue weighted by molar-refractivity contribution is 6.65. The normalized spacial score (nSPS) is 10.9. The summed E-state index contributed by atoms with van der Waals surface area (Å²) in [5, 5.41) is 0. The highest BCUT2D eigenvalue weighted by Crippen LogP contribution is 2.22. The lowest BCUT2D eigenvalue weighted by molar-refractivity contribution is -0.150. The van der Waals surface area contributed by atoms with Gasteiger partial charge in [-0.2, -0.15) is 0 Å². The number of rotatable bonds is 10. The molecular weight excluding hydrogens is 359 g/mol. The van der Waals surface area contributed by atoms with Gasteiger partial charge in [-0.3, -0.25) is 14.4 Å². The highest BCUT2D eigenvalue weighted by atomic mass is 28.4. The molecule has 6 nitrogen and oxygen atoms in total. The smallest absolute Gasteiger partial charge is 0.455 e. The second kappa shape index (κ2) is 10.7. The molecule has 0 bridgehead atoms. The molecule has 0 atom stereocenters. The lowest BCUT2D eigenvalue weighted by Crippen LogP contribution is -2.50. The fourth-order valence-corrected chi connectivity index (χ4v) is 4.63. The van der Waals surface area contributed by atoms with E-state index in [1.165, 1.54) is 12.1 Å². The molecule has 26 heavy (non-hydrogen) atoms. The molecule has 8 heteroatoms. The first-order chi connectivity index (χ1) is 12.3. The summed E-state index contributed by atoms with van der Waals surface area (Å²) >= 11 is 0. The largest absolute Gasteiger partial charge is 0.705 e. The van der Waals surface area contributed by atoms with Crippen molar-refractivity contribution in [3.8, 4) is 0 Å². The first-order valence-electron chi connectivity index (χ1n) is 8.74. The molecular formula is C18H25FO6Si. The molecule has 1 aromatic carbocycles. The number of halogens is 1. The van der Waals surface area contributed by atoms with Gasteiger partial charge in [-0.1, -0.05) is 32.9 Å². The van der Waals surface area contributed by atoms with Crippen LogP contribution in [-0.2, 0) is 34.1 Å². The Balaban J connectivity index is 2.92. The number of hydrogen-bond acceptors (Lipinski definition) is 6. The molecule has 0 amide bonds. The zero-order valence-corrected chi connectivity index (χ0v) is 16.4. The van der Waals surface area contributed by atoms with Gasteiger partial charge in [0.05, 0.1) is 6.04 Å². The van der Waals surface area contributed by atoms with Crippen molar-refractivity contribution in [2.45, 2.75) is 58.9 Å². The van der Waals surface area contributed by atoms with Crippen molar-refractivity contribution in [1.29, 1.82) is 0 Å². The highest BCUT2D eigenvalue weighted by Gasteiger charge is 2.52. The average molecular weight is 384 g/mol. The van der Waals surface area contributed by atoms with Crippen LogP contribution in [0.3, 0.4) is 0 Å². The van der Waals surface area contributed by atoms with Crippen LogP contribution < -0.4 is 0 Å². The van der Waals surface area contributed by atoms with Crippen LogP contribution in [0.1, 0.15) is 52.0 Å². The van der Waals surface area contributed by atoms with Crippen LogP contribution >= 0.6 is 0 Å². The van der Waals surface area contributed by atoms with Crippen molar-refractivity contribution in [1.82, 2.24) is 0 Å². The number of hydrogen-bond donors (Lipinski definition) is 0. The summed E-state index contributed by atoms with van der Waals surface area (Å²) in [6, 6.07) is 6.11. The Morgan fingerprint density at radius 2 is 1.27 bits per heavy atom. The second-order valence-corrected chi connectivity index (χ2v) is 8.12. The van der Waals surface area contributed by atoms with Gasteiger partial charge in [0.25, 0.3) is 17.9 Å². The van der Waals surface area contributed by atoms with E-state index in [1.54, 1.807) is 32.9 Å². The van der Waals surface area contributed by atoms with E-state index in [9.17, 15) is 18.8 Å². The minimum atomic E-state index is -3.84. The molecule has 0 N–H and O–H groups in total. The first kappa shape index (κ1) is 21.8. The van der Waals surface area contributed by atoms with Gasteiger partial charge in [-0.15, -0.1) is 0 Å². The molecule has 0 saturated heterocycles. The van der Waals surface area contributed by atoms with E-state index in [-0.39, 0.29) is 31.1 Å². The van der Waals surface area contributed by atoms with E-state index in [4.69, 9.17) is 13.3 Å². The summed E-state index contributed by atoms with van der Waals surface area (Å²) in [6.45, 7) is 4.80. The zero-order chi connectivity index (χ0) is 19.6. The molecule has 0 radical (unpaired) electrons. The van der Waals surface area contributed by atoms with Gasteiger partial charge in [-0.05, 0) is 30.5 Å². The lowest BCUT2D eigenvalue weighted by atomic mass is 10.1. The molecule has 0 aliphatic rings. The molecule has 0 unspecified atom stereocenters. The summed E-state index contributed by atoms with van der Waals surface area (Å²) in [7, 11) is -3.84. The molecule has 0 saturated carbocycles. The summed E-state index contributed by atoms with van der Waals surface area (Å²) < 4.78 is 29.0. The number of carbonyl (C=O) groups excluding carboxylic acids is 3. The third-order valence-corrected chi connectivity index (χ3v) is 6.12. The van der Waals surface area contributed by atoms with Crippen molar-refractivity contribution in [3.05, 3.63) is 35.6 Å². The molecule has 0 aliphatic carbocycles. The molecule has 144 valence electrons. The molecule has 1 rings (SSSR count). The predicted molar refractivity (Wildman–Crippen MR) is 94.4 cm³/mol. The summed E-state index contributed by atoms with van der Waals surface area (Å²) in [6.07, 6.45) is 1.19. The van der Waals surface area contributed by atoms with Crippen LogP contribution in [-0.4, -0.2) is 26.7 Å². The van der Waals surface area contributed by atoms with Crippen LogP contribution in [0.15, 0.2) is 24.3 Å². The van der Waals surface area contributed by atoms with Gasteiger partial charge in [0.15, 0.2) is 0 Å². The standard InChI is InChI=1S/C18H25FO6Si/c1-4-16(20)23-26(24-17(21)5-2,25-18(22)6-3)13-7-8-14-9-11-15(19)12-10-14/h9-12H,4-8,13H2,1-3H3. The van der Waals surface area contributed by atoms with E-state index < -0.39 is 26.7 Å². The maximum absolute atomic E-state index is 13.0. The van der Waals surface area contributed by atoms with Gasteiger partial charge >= 0.3 is 8.80 Å². The molecule has 1 aromatic rings. The van der Waals surface area contributed by atoms with Crippen LogP contribution in [0.2, 0.25) is 6.04 Å². The fourth-order valence-electron chi connectivity index (χ4n) is 2.11. The zero-order valence-electron chi connectivity index (χ0n) is 15.4. The Labute approximate surface area is 154 Å². The minimum Gasteiger partial charge on any atom is -0.455 e. The van der Waals surface area contributed by atoms with E-state index in [0.29, 0.717) is 12.8 Å². The second-order valence-electron chi connectivity index (χ2n) is 5.65. The molecule has 0 spiro atoms. The summed E-state index contributed by atoms with van der Waals surface area (Å²) in [5.41, 5.74) is 0.875. The SMILES string of the molecule is CCC(=O)O[Si](CCCc1ccc(F)cc1)(OC(=O)CC)OC(=O)CC. The summed E-state index contributed by atoms with van der Waals surface area (Å²) in [5.74, 6) is -2.10. The number of carbonyl (C=O) groups is 3. The van der Waals surface area contributed by atoms with Crippen LogP contribution in [0.4, 0.5) is 4.39 Å². The third kappa shape index (κ3) is 7.34. The van der Waals surface area contributed by atoms with E-state index >= 15 is 0 Å². The summed E-state index contributed by atoms with van der Waals surface area (Å²) in [4.78, 5) is 35.5. The van der Waals surface area contributed by atoms with Crippen molar-refractivity contribution in [3.63, 3.8) is 0 Å². The van der Waals surface area contributed by atoms with Gasteiger partial charge in [0, 0.05) is 19.3 Å². The molecule has 0 aromatic heterocycles. The fraction of sp³-hybridized carbons (Fsp3) is 0.500. The first-order valence-corrected chi connectivity index (χ1v) is 10.7. The van der Waals surface area contributed by atoms with Crippen molar-refractivity contribution in [2.24, 2.45) is 0 Å². The maximum Gasteiger partial charge on any atom is 0.705 e. The Hall–Kier alpha value is -2.22. The third-order valence-electron chi connectivity index (χ3n) is 3.54. The Morgan fingerprint density at radius 3 is 1.65 bits per heavy atom. The van der Waals surface area contributed by atoms with Crippen molar-refractivity contribution in [2.75, 3.05) is 0 Å². The minimum absolute atomic E-state index is 0.0695. The van der Waals surface area contributed by atoms with E-state index in [0.717, 1.165) is 5.56 Å². The van der Waals surface area contributed by atoms with E-state index in [1.807, 2.05) is 0 Å². The van der Waals surface area contributed by atoms with Gasteiger partial charge in [0.1, 0.15) is 5.82 Å². The molecule has 0 aliphatic heterocycles. The predicted octanol–water partition coefficient (Wildman–Crippen LogP) is 3.56. The maximum atomic E-state index is 13.0. The van der Waals surface area contributed by atoms with Crippen molar-refractivity contribution < 1.29 is 32.1 Å². The lowest BCUT2D eigenvalue weighted by Gasteiger charge is -2.27. The number of benzene rings is 1. The quantitative estimate of drug-likeness (QED) is 0.574.